The summed E-state index contributed by atoms with van der Waals surface area (Å²) in [6, 6.07) is -1.09. The smallest absolute Gasteiger partial charge is 0.433 e. The first-order valence-electron chi connectivity index (χ1n) is 9.16. The number of nitrogens with one attached hydrogen (secondary N) is 1. The van der Waals surface area contributed by atoms with Crippen LogP contribution >= 0.6 is 0 Å². The van der Waals surface area contributed by atoms with E-state index in [0.717, 1.165) is 10.8 Å². The minimum absolute atomic E-state index is 0.00977. The summed E-state index contributed by atoms with van der Waals surface area (Å²) in [4.78, 5) is 40.5. The van der Waals surface area contributed by atoms with Crippen LogP contribution in [0.5, 0.6) is 0 Å². The minimum Gasteiger partial charge on any atom is -0.481 e. The van der Waals surface area contributed by atoms with Crippen LogP contribution in [0.15, 0.2) is 11.0 Å². The van der Waals surface area contributed by atoms with Crippen LogP contribution in [0.4, 0.5) is 13.2 Å². The third-order valence-corrected chi connectivity index (χ3v) is 4.10. The lowest BCUT2D eigenvalue weighted by atomic mass is 10.0. The highest BCUT2D eigenvalue weighted by Gasteiger charge is 2.37. The van der Waals surface area contributed by atoms with Gasteiger partial charge in [0.2, 0.25) is 5.91 Å². The van der Waals surface area contributed by atoms with Crippen molar-refractivity contribution >= 4 is 11.9 Å². The van der Waals surface area contributed by atoms with Gasteiger partial charge in [0.15, 0.2) is 5.69 Å². The second-order valence-electron chi connectivity index (χ2n) is 7.44. The fraction of sp³-hybridized carbons (Fsp3) is 0.667. The van der Waals surface area contributed by atoms with E-state index in [0.29, 0.717) is 6.54 Å². The van der Waals surface area contributed by atoms with Gasteiger partial charge in [0.1, 0.15) is 6.04 Å². The molecular formula is C18H27F3N4O4. The molecule has 29 heavy (non-hydrogen) atoms. The molecule has 11 heteroatoms. The Morgan fingerprint density at radius 2 is 1.93 bits per heavy atom. The van der Waals surface area contributed by atoms with Gasteiger partial charge in [-0.3, -0.25) is 14.2 Å². The average Bonchev–Trinajstić information content (AvgIpc) is 2.57. The summed E-state index contributed by atoms with van der Waals surface area (Å²) >= 11 is 0. The van der Waals surface area contributed by atoms with E-state index in [1.807, 2.05) is 0 Å². The van der Waals surface area contributed by atoms with E-state index >= 15 is 0 Å². The topological polar surface area (TPSA) is 105 Å². The van der Waals surface area contributed by atoms with Gasteiger partial charge >= 0.3 is 17.8 Å². The molecule has 2 N–H and O–H groups in total. The van der Waals surface area contributed by atoms with Crippen molar-refractivity contribution in [1.29, 1.82) is 0 Å². The molecule has 1 amide bonds. The lowest BCUT2D eigenvalue weighted by Gasteiger charge is -2.23. The number of carboxylic acid groups (broad SMARTS) is 1. The molecule has 0 aromatic carbocycles. The fourth-order valence-electron chi connectivity index (χ4n) is 2.71. The highest BCUT2D eigenvalue weighted by Crippen LogP contribution is 2.30. The number of rotatable bonds is 10. The van der Waals surface area contributed by atoms with Crippen molar-refractivity contribution in [2.45, 2.75) is 45.3 Å². The summed E-state index contributed by atoms with van der Waals surface area (Å²) in [5.41, 5.74) is -2.61. The summed E-state index contributed by atoms with van der Waals surface area (Å²) in [5, 5.41) is 11.1. The van der Waals surface area contributed by atoms with Crippen molar-refractivity contribution in [2.75, 3.05) is 27.2 Å². The van der Waals surface area contributed by atoms with E-state index in [4.69, 9.17) is 5.11 Å². The molecular weight excluding hydrogens is 393 g/mol. The molecule has 164 valence electrons. The SMILES string of the molecule is CC(C)C[C@@H](C(=O)NCCC(=O)O)n1cc(CCN(C)C)c(C(F)(F)F)nc1=O. The molecule has 0 saturated heterocycles. The number of nitrogens with zero attached hydrogens (tertiary/aromatic N) is 3. The monoisotopic (exact) mass is 420 g/mol. The number of halogens is 3. The zero-order valence-electron chi connectivity index (χ0n) is 16.9. The third-order valence-electron chi connectivity index (χ3n) is 4.10. The van der Waals surface area contributed by atoms with Crippen molar-refractivity contribution in [1.82, 2.24) is 19.8 Å². The Hall–Kier alpha value is -2.43. The molecule has 0 aliphatic rings. The first-order chi connectivity index (χ1) is 13.3. The van der Waals surface area contributed by atoms with Crippen LogP contribution in [-0.2, 0) is 22.2 Å². The molecule has 0 aliphatic heterocycles. The van der Waals surface area contributed by atoms with E-state index in [-0.39, 0.29) is 37.3 Å². The number of likely N-dealkylation sites (N-methyl/N-ethyl adjacent to an activating group) is 1. The number of carboxylic acids is 1. The van der Waals surface area contributed by atoms with E-state index < -0.39 is 35.5 Å². The van der Waals surface area contributed by atoms with Crippen molar-refractivity contribution in [3.05, 3.63) is 27.9 Å². The number of aromatic nitrogens is 2. The summed E-state index contributed by atoms with van der Waals surface area (Å²) in [7, 11) is 3.41. The van der Waals surface area contributed by atoms with Crippen LogP contribution in [0.1, 0.15) is 44.0 Å². The summed E-state index contributed by atoms with van der Waals surface area (Å²) in [6.07, 6.45) is -3.89. The Morgan fingerprint density at radius 1 is 1.31 bits per heavy atom. The molecule has 1 atom stereocenters. The van der Waals surface area contributed by atoms with Gasteiger partial charge in [-0.1, -0.05) is 13.8 Å². The molecule has 8 nitrogen and oxygen atoms in total. The molecule has 0 saturated carbocycles. The third kappa shape index (κ3) is 7.84. The molecule has 1 aromatic rings. The first kappa shape index (κ1) is 24.6. The molecule has 1 rings (SSSR count). The van der Waals surface area contributed by atoms with Crippen LogP contribution in [-0.4, -0.2) is 58.6 Å². The molecule has 0 unspecified atom stereocenters. The number of alkyl halides is 3. The highest BCUT2D eigenvalue weighted by atomic mass is 19.4. The van der Waals surface area contributed by atoms with Crippen molar-refractivity contribution in [2.24, 2.45) is 5.92 Å². The van der Waals surface area contributed by atoms with Crippen molar-refractivity contribution < 1.29 is 27.9 Å². The maximum atomic E-state index is 13.3. The maximum absolute atomic E-state index is 13.3. The number of aliphatic carboxylic acids is 1. The molecule has 1 heterocycles. The quantitative estimate of drug-likeness (QED) is 0.595. The number of hydrogen-bond acceptors (Lipinski definition) is 5. The number of hydrogen-bond donors (Lipinski definition) is 2. The Morgan fingerprint density at radius 3 is 2.41 bits per heavy atom. The molecule has 0 spiro atoms. The second kappa shape index (κ2) is 10.4. The number of carbonyl (C=O) groups is 2. The van der Waals surface area contributed by atoms with Gasteiger partial charge < -0.3 is 15.3 Å². The van der Waals surface area contributed by atoms with Crippen LogP contribution in [0.3, 0.4) is 0 Å². The van der Waals surface area contributed by atoms with E-state index in [1.54, 1.807) is 32.8 Å². The summed E-state index contributed by atoms with van der Waals surface area (Å²) in [6.45, 7) is 3.74. The number of carbonyl (C=O) groups excluding carboxylic acids is 1. The Balaban J connectivity index is 3.35. The summed E-state index contributed by atoms with van der Waals surface area (Å²) < 4.78 is 40.9. The van der Waals surface area contributed by atoms with Gasteiger partial charge in [-0.15, -0.1) is 0 Å². The van der Waals surface area contributed by atoms with Crippen LogP contribution < -0.4 is 11.0 Å². The van der Waals surface area contributed by atoms with Gasteiger partial charge in [0.05, 0.1) is 6.42 Å². The van der Waals surface area contributed by atoms with Crippen molar-refractivity contribution in [3.63, 3.8) is 0 Å². The lowest BCUT2D eigenvalue weighted by molar-refractivity contribution is -0.142. The zero-order chi connectivity index (χ0) is 22.4. The molecule has 1 aromatic heterocycles. The standard InChI is InChI=1S/C18H27F3N4O4/c1-11(2)9-13(16(28)22-7-5-14(26)27)25-10-12(6-8-24(3)4)15(18(19,20)21)23-17(25)29/h10-11,13H,5-9H2,1-4H3,(H,22,28)(H,26,27)/t13-/m0/s1. The molecule has 0 fully saturated rings. The Kier molecular flexibility index (Phi) is 8.80. The summed E-state index contributed by atoms with van der Waals surface area (Å²) in [5.74, 6) is -1.79. The highest BCUT2D eigenvalue weighted by molar-refractivity contribution is 5.80. The largest absolute Gasteiger partial charge is 0.481 e. The van der Waals surface area contributed by atoms with Gasteiger partial charge in [0.25, 0.3) is 0 Å². The zero-order valence-corrected chi connectivity index (χ0v) is 16.9. The fourth-order valence-corrected chi connectivity index (χ4v) is 2.71. The van der Waals surface area contributed by atoms with E-state index in [1.165, 1.54) is 0 Å². The molecule has 0 radical (unpaired) electrons. The predicted molar refractivity (Wildman–Crippen MR) is 99.5 cm³/mol. The first-order valence-corrected chi connectivity index (χ1v) is 9.16. The van der Waals surface area contributed by atoms with Gasteiger partial charge in [-0.2, -0.15) is 18.2 Å². The Bertz CT molecular complexity index is 775. The number of amides is 1. The second-order valence-corrected chi connectivity index (χ2v) is 7.44. The lowest BCUT2D eigenvalue weighted by Crippen LogP contribution is -2.40. The molecule has 0 aliphatic carbocycles. The minimum atomic E-state index is -4.79. The van der Waals surface area contributed by atoms with Gasteiger partial charge in [0, 0.05) is 24.8 Å². The van der Waals surface area contributed by atoms with Crippen LogP contribution in [0.25, 0.3) is 0 Å². The Labute approximate surface area is 166 Å². The maximum Gasteiger partial charge on any atom is 0.433 e. The van der Waals surface area contributed by atoms with Crippen molar-refractivity contribution in [3.8, 4) is 0 Å². The van der Waals surface area contributed by atoms with E-state index in [2.05, 4.69) is 10.3 Å². The van der Waals surface area contributed by atoms with Gasteiger partial charge in [-0.25, -0.2) is 4.79 Å². The van der Waals surface area contributed by atoms with Gasteiger partial charge in [-0.05, 0) is 32.9 Å². The normalized spacial score (nSPS) is 13.0. The predicted octanol–water partition coefficient (Wildman–Crippen LogP) is 1.54. The average molecular weight is 420 g/mol. The van der Waals surface area contributed by atoms with Crippen LogP contribution in [0.2, 0.25) is 0 Å². The molecule has 0 bridgehead atoms. The van der Waals surface area contributed by atoms with E-state index in [9.17, 15) is 27.6 Å². The van der Waals surface area contributed by atoms with Crippen LogP contribution in [0, 0.1) is 5.92 Å².